The summed E-state index contributed by atoms with van der Waals surface area (Å²) >= 11 is 0. The fourth-order valence-corrected chi connectivity index (χ4v) is 3.42. The number of nitrogens with one attached hydrogen (secondary N) is 1. The average Bonchev–Trinajstić information content (AvgIpc) is 2.48. The van der Waals surface area contributed by atoms with Gasteiger partial charge in [0.2, 0.25) is 0 Å². The van der Waals surface area contributed by atoms with Crippen LogP contribution < -0.4 is 10.1 Å². The summed E-state index contributed by atoms with van der Waals surface area (Å²) in [6.45, 7) is 4.30. The molecule has 1 fully saturated rings. The van der Waals surface area contributed by atoms with E-state index in [1.165, 1.54) is 25.7 Å². The highest BCUT2D eigenvalue weighted by Gasteiger charge is 2.26. The SMILES string of the molecule is CC1CCC(N(C)CC2CNc3ccccc3O2)CC1. The molecule has 1 aromatic carbocycles. The second kappa shape index (κ2) is 6.04. The molecule has 0 radical (unpaired) electrons. The topological polar surface area (TPSA) is 24.5 Å². The van der Waals surface area contributed by atoms with Crippen molar-refractivity contribution in [2.24, 2.45) is 5.92 Å². The largest absolute Gasteiger partial charge is 0.485 e. The Morgan fingerprint density at radius 2 is 1.95 bits per heavy atom. The number of nitrogens with zero attached hydrogens (tertiary/aromatic N) is 1. The van der Waals surface area contributed by atoms with Gasteiger partial charge in [-0.1, -0.05) is 19.1 Å². The second-order valence-electron chi connectivity index (χ2n) is 6.47. The van der Waals surface area contributed by atoms with Gasteiger partial charge in [0.05, 0.1) is 12.2 Å². The standard InChI is InChI=1S/C17H26N2O/c1-13-7-9-14(10-8-13)19(2)12-15-11-18-16-5-3-4-6-17(16)20-15/h3-6,13-15,18H,7-12H2,1-2H3. The normalized spacial score (nSPS) is 29.4. The average molecular weight is 274 g/mol. The first-order chi connectivity index (χ1) is 9.72. The molecule has 0 saturated heterocycles. The summed E-state index contributed by atoms with van der Waals surface area (Å²) in [5.41, 5.74) is 1.12. The summed E-state index contributed by atoms with van der Waals surface area (Å²) in [5.74, 6) is 1.91. The summed E-state index contributed by atoms with van der Waals surface area (Å²) in [6.07, 6.45) is 5.70. The molecule has 1 aliphatic carbocycles. The maximum atomic E-state index is 6.11. The fraction of sp³-hybridized carbons (Fsp3) is 0.647. The van der Waals surface area contributed by atoms with Crippen molar-refractivity contribution in [3.8, 4) is 5.75 Å². The first kappa shape index (κ1) is 13.7. The Bertz CT molecular complexity index is 440. The number of hydrogen-bond donors (Lipinski definition) is 1. The van der Waals surface area contributed by atoms with Gasteiger partial charge in [0, 0.05) is 12.6 Å². The van der Waals surface area contributed by atoms with E-state index in [0.29, 0.717) is 0 Å². The molecule has 1 atom stereocenters. The molecule has 110 valence electrons. The first-order valence-electron chi connectivity index (χ1n) is 7.92. The van der Waals surface area contributed by atoms with Crippen LogP contribution in [-0.2, 0) is 0 Å². The van der Waals surface area contributed by atoms with Gasteiger partial charge < -0.3 is 10.1 Å². The molecule has 0 bridgehead atoms. The molecular weight excluding hydrogens is 248 g/mol. The Labute approximate surface area is 122 Å². The minimum Gasteiger partial charge on any atom is -0.485 e. The number of para-hydroxylation sites is 2. The molecule has 1 aromatic rings. The summed E-state index contributed by atoms with van der Waals surface area (Å²) in [6, 6.07) is 8.96. The van der Waals surface area contributed by atoms with Gasteiger partial charge in [-0.25, -0.2) is 0 Å². The van der Waals surface area contributed by atoms with Crippen LogP contribution in [0.5, 0.6) is 5.75 Å². The maximum Gasteiger partial charge on any atom is 0.142 e. The van der Waals surface area contributed by atoms with Crippen LogP contribution in [0.15, 0.2) is 24.3 Å². The van der Waals surface area contributed by atoms with E-state index in [4.69, 9.17) is 4.74 Å². The van der Waals surface area contributed by atoms with E-state index in [-0.39, 0.29) is 6.10 Å². The number of ether oxygens (including phenoxy) is 1. The maximum absolute atomic E-state index is 6.11. The van der Waals surface area contributed by atoms with Gasteiger partial charge >= 0.3 is 0 Å². The summed E-state index contributed by atoms with van der Waals surface area (Å²) in [7, 11) is 2.25. The van der Waals surface area contributed by atoms with Crippen LogP contribution in [0.25, 0.3) is 0 Å². The van der Waals surface area contributed by atoms with Crippen molar-refractivity contribution >= 4 is 5.69 Å². The van der Waals surface area contributed by atoms with E-state index in [0.717, 1.165) is 36.5 Å². The second-order valence-corrected chi connectivity index (χ2v) is 6.47. The number of anilines is 1. The van der Waals surface area contributed by atoms with E-state index < -0.39 is 0 Å². The zero-order valence-corrected chi connectivity index (χ0v) is 12.6. The van der Waals surface area contributed by atoms with E-state index in [1.54, 1.807) is 0 Å². The molecule has 1 saturated carbocycles. The van der Waals surface area contributed by atoms with Crippen molar-refractivity contribution in [2.45, 2.75) is 44.8 Å². The minimum atomic E-state index is 0.259. The summed E-state index contributed by atoms with van der Waals surface area (Å²) in [5, 5.41) is 3.48. The Morgan fingerprint density at radius 1 is 1.20 bits per heavy atom. The van der Waals surface area contributed by atoms with Gasteiger partial charge in [0.1, 0.15) is 11.9 Å². The van der Waals surface area contributed by atoms with Crippen LogP contribution in [0.1, 0.15) is 32.6 Å². The van der Waals surface area contributed by atoms with Gasteiger partial charge in [-0.3, -0.25) is 4.90 Å². The lowest BCUT2D eigenvalue weighted by atomic mass is 9.86. The summed E-state index contributed by atoms with van der Waals surface area (Å²) < 4.78 is 6.11. The molecule has 0 amide bonds. The molecular formula is C17H26N2O. The van der Waals surface area contributed by atoms with E-state index in [1.807, 2.05) is 12.1 Å². The molecule has 1 aliphatic heterocycles. The molecule has 0 aromatic heterocycles. The van der Waals surface area contributed by atoms with Crippen LogP contribution in [0.4, 0.5) is 5.69 Å². The third kappa shape index (κ3) is 3.09. The predicted molar refractivity (Wildman–Crippen MR) is 83.4 cm³/mol. The fourth-order valence-electron chi connectivity index (χ4n) is 3.42. The molecule has 20 heavy (non-hydrogen) atoms. The first-order valence-corrected chi connectivity index (χ1v) is 7.92. The lowest BCUT2D eigenvalue weighted by molar-refractivity contribution is 0.103. The zero-order valence-electron chi connectivity index (χ0n) is 12.6. The lowest BCUT2D eigenvalue weighted by Gasteiger charge is -2.37. The summed E-state index contributed by atoms with van der Waals surface area (Å²) in [4.78, 5) is 2.51. The number of benzene rings is 1. The van der Waals surface area contributed by atoms with Crippen molar-refractivity contribution < 1.29 is 4.74 Å². The van der Waals surface area contributed by atoms with Crippen molar-refractivity contribution in [3.05, 3.63) is 24.3 Å². The highest BCUT2D eigenvalue weighted by Crippen LogP contribution is 2.30. The van der Waals surface area contributed by atoms with Crippen molar-refractivity contribution in [1.82, 2.24) is 4.90 Å². The van der Waals surface area contributed by atoms with E-state index in [9.17, 15) is 0 Å². The Kier molecular flexibility index (Phi) is 4.16. The van der Waals surface area contributed by atoms with Crippen molar-refractivity contribution in [1.29, 1.82) is 0 Å². The molecule has 3 nitrogen and oxygen atoms in total. The van der Waals surface area contributed by atoms with Crippen LogP contribution in [0, 0.1) is 5.92 Å². The molecule has 1 heterocycles. The number of likely N-dealkylation sites (N-methyl/N-ethyl adjacent to an activating group) is 1. The van der Waals surface area contributed by atoms with E-state index in [2.05, 4.69) is 36.3 Å². The quantitative estimate of drug-likeness (QED) is 0.914. The molecule has 3 rings (SSSR count). The Hall–Kier alpha value is -1.22. The molecule has 0 spiro atoms. The Balaban J connectivity index is 1.54. The van der Waals surface area contributed by atoms with Gasteiger partial charge in [-0.05, 0) is 50.8 Å². The predicted octanol–water partition coefficient (Wildman–Crippen LogP) is 3.37. The van der Waals surface area contributed by atoms with Crippen LogP contribution in [0.3, 0.4) is 0 Å². The molecule has 3 heteroatoms. The highest BCUT2D eigenvalue weighted by atomic mass is 16.5. The smallest absolute Gasteiger partial charge is 0.142 e. The third-order valence-electron chi connectivity index (χ3n) is 4.80. The molecule has 1 N–H and O–H groups in total. The monoisotopic (exact) mass is 274 g/mol. The molecule has 2 aliphatic rings. The number of hydrogen-bond acceptors (Lipinski definition) is 3. The number of fused-ring (bicyclic) bond motifs is 1. The Morgan fingerprint density at radius 3 is 2.75 bits per heavy atom. The van der Waals surface area contributed by atoms with Crippen LogP contribution in [-0.4, -0.2) is 37.2 Å². The van der Waals surface area contributed by atoms with Crippen LogP contribution in [0.2, 0.25) is 0 Å². The van der Waals surface area contributed by atoms with Crippen LogP contribution >= 0.6 is 0 Å². The van der Waals surface area contributed by atoms with Crippen molar-refractivity contribution in [2.75, 3.05) is 25.5 Å². The van der Waals surface area contributed by atoms with Gasteiger partial charge in [0.15, 0.2) is 0 Å². The molecule has 1 unspecified atom stereocenters. The lowest BCUT2D eigenvalue weighted by Crippen LogP contribution is -2.45. The minimum absolute atomic E-state index is 0.259. The van der Waals surface area contributed by atoms with E-state index >= 15 is 0 Å². The van der Waals surface area contributed by atoms with Gasteiger partial charge in [-0.2, -0.15) is 0 Å². The third-order valence-corrected chi connectivity index (χ3v) is 4.80. The van der Waals surface area contributed by atoms with Crippen molar-refractivity contribution in [3.63, 3.8) is 0 Å². The number of rotatable bonds is 3. The highest BCUT2D eigenvalue weighted by molar-refractivity contribution is 5.57. The van der Waals surface area contributed by atoms with Gasteiger partial charge in [0.25, 0.3) is 0 Å². The zero-order chi connectivity index (χ0) is 13.9. The van der Waals surface area contributed by atoms with Gasteiger partial charge in [-0.15, -0.1) is 0 Å².